The highest BCUT2D eigenvalue weighted by molar-refractivity contribution is 5.87. The van der Waals surface area contributed by atoms with Crippen molar-refractivity contribution in [2.45, 2.75) is 19.8 Å². The Labute approximate surface area is 86.7 Å². The molecule has 15 heavy (non-hydrogen) atoms. The molecule has 0 spiro atoms. The molecule has 2 rings (SSSR count). The topological polar surface area (TPSA) is 56.3 Å². The van der Waals surface area contributed by atoms with Crippen LogP contribution in [0, 0.1) is 10.1 Å². The van der Waals surface area contributed by atoms with E-state index in [2.05, 4.69) is 0 Å². The number of nitrogens with zero attached hydrogens (tertiary/aromatic N) is 1. The Hall–Kier alpha value is -1.84. The van der Waals surface area contributed by atoms with Crippen molar-refractivity contribution in [3.05, 3.63) is 40.1 Å². The Morgan fingerprint density at radius 1 is 1.47 bits per heavy atom. The number of hydrogen-bond acceptors (Lipinski definition) is 3. The zero-order valence-corrected chi connectivity index (χ0v) is 8.40. The predicted molar refractivity (Wildman–Crippen MR) is 56.9 cm³/mol. The van der Waals surface area contributed by atoms with Gasteiger partial charge in [0.15, 0.2) is 0 Å². The molecule has 0 radical (unpaired) electrons. The Balaban J connectivity index is 2.59. The minimum absolute atomic E-state index is 0.110. The van der Waals surface area contributed by atoms with Crippen molar-refractivity contribution in [3.8, 4) is 0 Å². The van der Waals surface area contributed by atoms with Gasteiger partial charge in [0.05, 0.1) is 10.3 Å². The number of non-ortho nitro benzene ring substituents is 1. The number of furan rings is 1. The molecule has 0 aliphatic carbocycles. The first kappa shape index (κ1) is 9.71. The number of aryl methyl sites for hydroxylation is 1. The van der Waals surface area contributed by atoms with Gasteiger partial charge in [0.2, 0.25) is 0 Å². The van der Waals surface area contributed by atoms with E-state index in [4.69, 9.17) is 4.42 Å². The van der Waals surface area contributed by atoms with Crippen LogP contribution in [0.2, 0.25) is 0 Å². The number of benzene rings is 1. The monoisotopic (exact) mass is 205 g/mol. The van der Waals surface area contributed by atoms with Gasteiger partial charge in [0.1, 0.15) is 11.3 Å². The maximum Gasteiger partial charge on any atom is 0.280 e. The van der Waals surface area contributed by atoms with Crippen LogP contribution in [0.1, 0.15) is 19.1 Å². The predicted octanol–water partition coefficient (Wildman–Crippen LogP) is 3.29. The summed E-state index contributed by atoms with van der Waals surface area (Å²) >= 11 is 0. The fourth-order valence-electron chi connectivity index (χ4n) is 1.63. The molecule has 0 aliphatic rings. The molecule has 1 aromatic carbocycles. The van der Waals surface area contributed by atoms with Crippen LogP contribution in [0.25, 0.3) is 11.0 Å². The summed E-state index contributed by atoms with van der Waals surface area (Å²) in [4.78, 5) is 10.4. The van der Waals surface area contributed by atoms with Gasteiger partial charge in [-0.1, -0.05) is 13.0 Å². The van der Waals surface area contributed by atoms with Gasteiger partial charge in [0, 0.05) is 12.5 Å². The molecule has 0 fully saturated rings. The van der Waals surface area contributed by atoms with E-state index in [1.807, 2.05) is 6.92 Å². The van der Waals surface area contributed by atoms with Gasteiger partial charge in [0.25, 0.3) is 5.69 Å². The van der Waals surface area contributed by atoms with Crippen molar-refractivity contribution < 1.29 is 9.34 Å². The third-order valence-corrected chi connectivity index (χ3v) is 2.28. The largest absolute Gasteiger partial charge is 0.461 e. The normalized spacial score (nSPS) is 10.7. The molecule has 0 bridgehead atoms. The van der Waals surface area contributed by atoms with Gasteiger partial charge in [-0.15, -0.1) is 0 Å². The van der Waals surface area contributed by atoms with Crippen molar-refractivity contribution in [2.24, 2.45) is 0 Å². The third kappa shape index (κ3) is 1.70. The first-order valence-electron chi connectivity index (χ1n) is 4.88. The molecule has 1 aromatic heterocycles. The lowest BCUT2D eigenvalue weighted by Gasteiger charge is -1.90. The van der Waals surface area contributed by atoms with Crippen LogP contribution >= 0.6 is 0 Å². The Kier molecular flexibility index (Phi) is 2.41. The van der Waals surface area contributed by atoms with Crippen molar-refractivity contribution >= 4 is 16.7 Å². The van der Waals surface area contributed by atoms with E-state index in [1.54, 1.807) is 18.2 Å². The average Bonchev–Trinajstić information content (AvgIpc) is 2.59. The molecule has 0 aliphatic heterocycles. The van der Waals surface area contributed by atoms with E-state index in [0.717, 1.165) is 18.6 Å². The van der Waals surface area contributed by atoms with Gasteiger partial charge in [-0.2, -0.15) is 0 Å². The summed E-state index contributed by atoms with van der Waals surface area (Å²) in [6, 6.07) is 6.64. The Morgan fingerprint density at radius 3 is 2.93 bits per heavy atom. The number of fused-ring (bicyclic) bond motifs is 1. The van der Waals surface area contributed by atoms with E-state index in [0.29, 0.717) is 11.0 Å². The van der Waals surface area contributed by atoms with Crippen LogP contribution in [0.4, 0.5) is 5.69 Å². The summed E-state index contributed by atoms with van der Waals surface area (Å²) in [6.07, 6.45) is 1.78. The van der Waals surface area contributed by atoms with E-state index in [-0.39, 0.29) is 10.6 Å². The summed E-state index contributed by atoms with van der Waals surface area (Å²) in [6.45, 7) is 2.04. The Morgan fingerprint density at radius 2 is 2.27 bits per heavy atom. The number of nitro groups is 1. The zero-order chi connectivity index (χ0) is 10.8. The minimum atomic E-state index is -0.381. The van der Waals surface area contributed by atoms with Crippen molar-refractivity contribution in [2.75, 3.05) is 0 Å². The van der Waals surface area contributed by atoms with Crippen LogP contribution in [-0.4, -0.2) is 4.92 Å². The summed E-state index contributed by atoms with van der Waals surface area (Å²) in [5, 5.41) is 11.3. The first-order valence-corrected chi connectivity index (χ1v) is 4.88. The molecule has 2 aromatic rings. The van der Waals surface area contributed by atoms with Crippen molar-refractivity contribution in [3.63, 3.8) is 0 Å². The van der Waals surface area contributed by atoms with Crippen LogP contribution in [0.15, 0.2) is 28.7 Å². The summed E-state index contributed by atoms with van der Waals surface area (Å²) in [7, 11) is 0. The van der Waals surface area contributed by atoms with Gasteiger partial charge in [-0.25, -0.2) is 0 Å². The lowest BCUT2D eigenvalue weighted by Crippen LogP contribution is -1.86. The summed E-state index contributed by atoms with van der Waals surface area (Å²) < 4.78 is 5.49. The molecule has 1 heterocycles. The Bertz CT molecular complexity index is 502. The molecule has 0 N–H and O–H groups in total. The maximum atomic E-state index is 10.7. The first-order chi connectivity index (χ1) is 7.22. The number of hydrogen-bond donors (Lipinski definition) is 0. The fraction of sp³-hybridized carbons (Fsp3) is 0.273. The smallest absolute Gasteiger partial charge is 0.280 e. The van der Waals surface area contributed by atoms with Crippen molar-refractivity contribution in [1.82, 2.24) is 0 Å². The van der Waals surface area contributed by atoms with Crippen LogP contribution in [0.5, 0.6) is 0 Å². The molecule has 0 unspecified atom stereocenters. The van der Waals surface area contributed by atoms with E-state index < -0.39 is 0 Å². The second-order valence-corrected chi connectivity index (χ2v) is 3.41. The molecule has 0 atom stereocenters. The molecular weight excluding hydrogens is 194 g/mol. The molecule has 0 saturated carbocycles. The highest BCUT2D eigenvalue weighted by atomic mass is 16.6. The second kappa shape index (κ2) is 3.73. The SMILES string of the molecule is CCCc1cc2c([N+](=O)[O-])cccc2o1. The number of nitro benzene ring substituents is 1. The minimum Gasteiger partial charge on any atom is -0.461 e. The van der Waals surface area contributed by atoms with Crippen molar-refractivity contribution in [1.29, 1.82) is 0 Å². The van der Waals surface area contributed by atoms with Crippen LogP contribution < -0.4 is 0 Å². The van der Waals surface area contributed by atoms with E-state index in [1.165, 1.54) is 6.07 Å². The highest BCUT2D eigenvalue weighted by Crippen LogP contribution is 2.28. The van der Waals surface area contributed by atoms with E-state index >= 15 is 0 Å². The summed E-state index contributed by atoms with van der Waals surface area (Å²) in [5.74, 6) is 0.807. The molecule has 4 nitrogen and oxygen atoms in total. The molecule has 0 amide bonds. The number of rotatable bonds is 3. The standard InChI is InChI=1S/C11H11NO3/c1-2-4-8-7-9-10(12(13)14)5-3-6-11(9)15-8/h3,5-7H,2,4H2,1H3. The van der Waals surface area contributed by atoms with E-state index in [9.17, 15) is 10.1 Å². The quantitative estimate of drug-likeness (QED) is 0.570. The fourth-order valence-corrected chi connectivity index (χ4v) is 1.63. The van der Waals surface area contributed by atoms with Crippen LogP contribution in [0.3, 0.4) is 0 Å². The zero-order valence-electron chi connectivity index (χ0n) is 8.40. The average molecular weight is 205 g/mol. The lowest BCUT2D eigenvalue weighted by molar-refractivity contribution is -0.383. The van der Waals surface area contributed by atoms with Gasteiger partial charge in [-0.05, 0) is 18.6 Å². The molecule has 4 heteroatoms. The maximum absolute atomic E-state index is 10.7. The lowest BCUT2D eigenvalue weighted by atomic mass is 10.2. The molecule has 0 saturated heterocycles. The third-order valence-electron chi connectivity index (χ3n) is 2.28. The van der Waals surface area contributed by atoms with Gasteiger partial charge in [-0.3, -0.25) is 10.1 Å². The highest BCUT2D eigenvalue weighted by Gasteiger charge is 2.14. The van der Waals surface area contributed by atoms with Gasteiger partial charge < -0.3 is 4.42 Å². The second-order valence-electron chi connectivity index (χ2n) is 3.41. The molecular formula is C11H11NO3. The van der Waals surface area contributed by atoms with Gasteiger partial charge >= 0.3 is 0 Å². The molecule has 78 valence electrons. The summed E-state index contributed by atoms with van der Waals surface area (Å²) in [5.41, 5.74) is 0.700. The van der Waals surface area contributed by atoms with Crippen LogP contribution in [-0.2, 0) is 6.42 Å².